The summed E-state index contributed by atoms with van der Waals surface area (Å²) < 4.78 is 1.73. The van der Waals surface area contributed by atoms with Gasteiger partial charge in [-0.15, -0.1) is 0 Å². The van der Waals surface area contributed by atoms with Crippen LogP contribution in [-0.2, 0) is 7.05 Å². The van der Waals surface area contributed by atoms with Gasteiger partial charge < -0.3 is 5.32 Å². The first kappa shape index (κ1) is 16.9. The van der Waals surface area contributed by atoms with E-state index in [-0.39, 0.29) is 5.91 Å². The molecule has 0 spiro atoms. The zero-order chi connectivity index (χ0) is 19.0. The standard InChI is InChI=1S/C21H19N5O/c1-13-4-5-18-16(10-13)17(12-19(23-18)15-6-8-22-9-7-15)21(27)24-20-11-14(2)26(3)25-20/h4-12H,1-3H3,(H,24,25,27). The Morgan fingerprint density at radius 1 is 1.04 bits per heavy atom. The summed E-state index contributed by atoms with van der Waals surface area (Å²) in [6.45, 7) is 3.94. The Morgan fingerprint density at radius 2 is 1.81 bits per heavy atom. The molecule has 0 fully saturated rings. The predicted octanol–water partition coefficient (Wildman–Crippen LogP) is 3.90. The number of carbonyl (C=O) groups is 1. The Balaban J connectivity index is 1.84. The van der Waals surface area contributed by atoms with Gasteiger partial charge in [0.15, 0.2) is 5.82 Å². The van der Waals surface area contributed by atoms with Crippen molar-refractivity contribution in [1.82, 2.24) is 19.7 Å². The van der Waals surface area contributed by atoms with E-state index in [0.717, 1.165) is 33.4 Å². The molecule has 0 saturated heterocycles. The van der Waals surface area contributed by atoms with E-state index in [1.165, 1.54) is 0 Å². The average molecular weight is 357 g/mol. The zero-order valence-electron chi connectivity index (χ0n) is 15.4. The molecule has 6 heteroatoms. The van der Waals surface area contributed by atoms with E-state index >= 15 is 0 Å². The number of nitrogens with zero attached hydrogens (tertiary/aromatic N) is 4. The van der Waals surface area contributed by atoms with Crippen LogP contribution in [0, 0.1) is 13.8 Å². The maximum atomic E-state index is 13.0. The van der Waals surface area contributed by atoms with Gasteiger partial charge in [-0.3, -0.25) is 14.5 Å². The number of amides is 1. The topological polar surface area (TPSA) is 72.7 Å². The summed E-state index contributed by atoms with van der Waals surface area (Å²) in [5, 5.41) is 8.03. The molecule has 0 bridgehead atoms. The summed E-state index contributed by atoms with van der Waals surface area (Å²) in [5.41, 5.74) is 5.03. The Hall–Kier alpha value is -3.54. The fourth-order valence-electron chi connectivity index (χ4n) is 3.00. The Bertz CT molecular complexity index is 1130. The third-order valence-corrected chi connectivity index (χ3v) is 4.54. The number of nitrogens with one attached hydrogen (secondary N) is 1. The lowest BCUT2D eigenvalue weighted by atomic mass is 10.0. The first-order valence-electron chi connectivity index (χ1n) is 8.65. The highest BCUT2D eigenvalue weighted by Gasteiger charge is 2.16. The summed E-state index contributed by atoms with van der Waals surface area (Å²) in [6, 6.07) is 13.3. The minimum Gasteiger partial charge on any atom is -0.305 e. The van der Waals surface area contributed by atoms with Crippen molar-refractivity contribution in [2.75, 3.05) is 5.32 Å². The SMILES string of the molecule is Cc1ccc2nc(-c3ccncc3)cc(C(=O)Nc3cc(C)n(C)n3)c2c1. The Kier molecular flexibility index (Phi) is 4.16. The number of hydrogen-bond acceptors (Lipinski definition) is 4. The van der Waals surface area contributed by atoms with Crippen LogP contribution in [0.25, 0.3) is 22.2 Å². The van der Waals surface area contributed by atoms with Crippen LogP contribution >= 0.6 is 0 Å². The molecule has 6 nitrogen and oxygen atoms in total. The first-order chi connectivity index (χ1) is 13.0. The highest BCUT2D eigenvalue weighted by Crippen LogP contribution is 2.26. The van der Waals surface area contributed by atoms with Gasteiger partial charge in [-0.2, -0.15) is 5.10 Å². The van der Waals surface area contributed by atoms with Crippen LogP contribution in [0.3, 0.4) is 0 Å². The van der Waals surface area contributed by atoms with Crippen LogP contribution in [0.2, 0.25) is 0 Å². The molecule has 0 saturated carbocycles. The number of aromatic nitrogens is 4. The molecule has 4 aromatic rings. The fraction of sp³-hybridized carbons (Fsp3) is 0.143. The predicted molar refractivity (Wildman–Crippen MR) is 106 cm³/mol. The Labute approximate surface area is 156 Å². The zero-order valence-corrected chi connectivity index (χ0v) is 15.4. The lowest BCUT2D eigenvalue weighted by Gasteiger charge is -2.10. The van der Waals surface area contributed by atoms with Crippen molar-refractivity contribution < 1.29 is 4.79 Å². The molecule has 3 aromatic heterocycles. The van der Waals surface area contributed by atoms with E-state index in [4.69, 9.17) is 4.98 Å². The minimum absolute atomic E-state index is 0.207. The van der Waals surface area contributed by atoms with E-state index in [1.54, 1.807) is 17.1 Å². The van der Waals surface area contributed by atoms with Gasteiger partial charge in [0, 0.05) is 42.2 Å². The second-order valence-electron chi connectivity index (χ2n) is 6.56. The van der Waals surface area contributed by atoms with Gasteiger partial charge in [0.05, 0.1) is 16.8 Å². The van der Waals surface area contributed by atoms with Gasteiger partial charge in [0.25, 0.3) is 5.91 Å². The van der Waals surface area contributed by atoms with E-state index in [2.05, 4.69) is 15.4 Å². The van der Waals surface area contributed by atoms with E-state index in [9.17, 15) is 4.79 Å². The van der Waals surface area contributed by atoms with Crippen molar-refractivity contribution in [3.05, 3.63) is 71.7 Å². The molecule has 1 amide bonds. The van der Waals surface area contributed by atoms with Crippen LogP contribution in [-0.4, -0.2) is 25.7 Å². The van der Waals surface area contributed by atoms with Crippen LogP contribution in [0.5, 0.6) is 0 Å². The minimum atomic E-state index is -0.207. The second kappa shape index (κ2) is 6.64. The normalized spacial score (nSPS) is 10.9. The Morgan fingerprint density at radius 3 is 2.52 bits per heavy atom. The molecular weight excluding hydrogens is 338 g/mol. The molecule has 3 heterocycles. The number of rotatable bonds is 3. The van der Waals surface area contributed by atoms with Gasteiger partial charge in [-0.25, -0.2) is 4.98 Å². The second-order valence-corrected chi connectivity index (χ2v) is 6.56. The van der Waals surface area contributed by atoms with E-state index in [1.807, 2.05) is 63.4 Å². The lowest BCUT2D eigenvalue weighted by Crippen LogP contribution is -2.14. The van der Waals surface area contributed by atoms with Gasteiger partial charge in [0.1, 0.15) is 0 Å². The molecule has 27 heavy (non-hydrogen) atoms. The monoisotopic (exact) mass is 357 g/mol. The molecule has 0 aliphatic rings. The summed E-state index contributed by atoms with van der Waals surface area (Å²) in [4.78, 5) is 21.8. The van der Waals surface area contributed by atoms with Gasteiger partial charge in [-0.05, 0) is 44.2 Å². The third kappa shape index (κ3) is 3.29. The van der Waals surface area contributed by atoms with Gasteiger partial charge in [0.2, 0.25) is 0 Å². The quantitative estimate of drug-likeness (QED) is 0.603. The smallest absolute Gasteiger partial charge is 0.257 e. The number of fused-ring (bicyclic) bond motifs is 1. The summed E-state index contributed by atoms with van der Waals surface area (Å²) in [7, 11) is 1.84. The molecule has 134 valence electrons. The fourth-order valence-corrected chi connectivity index (χ4v) is 3.00. The molecular formula is C21H19N5O. The molecule has 0 aliphatic carbocycles. The number of aryl methyl sites for hydroxylation is 3. The number of hydrogen-bond donors (Lipinski definition) is 1. The number of pyridine rings is 2. The van der Waals surface area contributed by atoms with Crippen LogP contribution in [0.1, 0.15) is 21.6 Å². The molecule has 0 radical (unpaired) electrons. The van der Waals surface area contributed by atoms with E-state index in [0.29, 0.717) is 11.4 Å². The highest BCUT2D eigenvalue weighted by molar-refractivity contribution is 6.13. The van der Waals surface area contributed by atoms with Crippen LogP contribution < -0.4 is 5.32 Å². The van der Waals surface area contributed by atoms with Crippen molar-refractivity contribution in [1.29, 1.82) is 0 Å². The summed E-state index contributed by atoms with van der Waals surface area (Å²) >= 11 is 0. The highest BCUT2D eigenvalue weighted by atomic mass is 16.1. The maximum Gasteiger partial charge on any atom is 0.257 e. The van der Waals surface area contributed by atoms with Crippen LogP contribution in [0.4, 0.5) is 5.82 Å². The van der Waals surface area contributed by atoms with Crippen molar-refractivity contribution in [2.45, 2.75) is 13.8 Å². The molecule has 0 unspecified atom stereocenters. The molecule has 1 aromatic carbocycles. The lowest BCUT2D eigenvalue weighted by molar-refractivity contribution is 0.102. The molecule has 1 N–H and O–H groups in total. The average Bonchev–Trinajstić information content (AvgIpc) is 2.98. The largest absolute Gasteiger partial charge is 0.305 e. The molecule has 4 rings (SSSR count). The van der Waals surface area contributed by atoms with Crippen molar-refractivity contribution >= 4 is 22.6 Å². The van der Waals surface area contributed by atoms with Crippen molar-refractivity contribution in [2.24, 2.45) is 7.05 Å². The third-order valence-electron chi connectivity index (χ3n) is 4.54. The van der Waals surface area contributed by atoms with Crippen LogP contribution in [0.15, 0.2) is 54.9 Å². The molecule has 0 atom stereocenters. The van der Waals surface area contributed by atoms with Gasteiger partial charge in [-0.1, -0.05) is 11.6 Å². The van der Waals surface area contributed by atoms with E-state index < -0.39 is 0 Å². The molecule has 0 aliphatic heterocycles. The number of carbonyl (C=O) groups excluding carboxylic acids is 1. The van der Waals surface area contributed by atoms with Crippen molar-refractivity contribution in [3.63, 3.8) is 0 Å². The first-order valence-corrected chi connectivity index (χ1v) is 8.65. The summed E-state index contributed by atoms with van der Waals surface area (Å²) in [5.74, 6) is 0.324. The van der Waals surface area contributed by atoms with Gasteiger partial charge >= 0.3 is 0 Å². The number of anilines is 1. The number of benzene rings is 1. The van der Waals surface area contributed by atoms with Crippen molar-refractivity contribution in [3.8, 4) is 11.3 Å². The summed E-state index contributed by atoms with van der Waals surface area (Å²) in [6.07, 6.45) is 3.43. The maximum absolute atomic E-state index is 13.0.